The predicted molar refractivity (Wildman–Crippen MR) is 78.2 cm³/mol. The molecule has 0 saturated carbocycles. The zero-order valence-electron chi connectivity index (χ0n) is 11.8. The van der Waals surface area contributed by atoms with Crippen LogP contribution in [-0.4, -0.2) is 46.9 Å². The molecule has 1 aromatic rings. The third-order valence-corrected chi connectivity index (χ3v) is 4.69. The molecule has 1 aliphatic rings. The first kappa shape index (κ1) is 14.5. The molecule has 1 aromatic heterocycles. The summed E-state index contributed by atoms with van der Waals surface area (Å²) in [6.07, 6.45) is 5.20. The smallest absolute Gasteiger partial charge is 0.237 e. The number of carbonyl (C=O) groups is 1. The second-order valence-corrected chi connectivity index (χ2v) is 5.86. The van der Waals surface area contributed by atoms with E-state index in [0.29, 0.717) is 6.54 Å². The van der Waals surface area contributed by atoms with Crippen molar-refractivity contribution in [2.24, 2.45) is 0 Å². The largest absolute Gasteiger partial charge is 0.332 e. The number of piperidine rings is 1. The molecule has 19 heavy (non-hydrogen) atoms. The van der Waals surface area contributed by atoms with Gasteiger partial charge in [-0.15, -0.1) is 11.3 Å². The van der Waals surface area contributed by atoms with Crippen LogP contribution in [0.2, 0.25) is 0 Å². The van der Waals surface area contributed by atoms with Gasteiger partial charge in [0.05, 0.1) is 12.6 Å². The molecule has 0 spiro atoms. The molecule has 2 heterocycles. The molecule has 1 amide bonds. The Kier molecular flexibility index (Phi) is 5.34. The van der Waals surface area contributed by atoms with Crippen molar-refractivity contribution in [3.63, 3.8) is 0 Å². The summed E-state index contributed by atoms with van der Waals surface area (Å²) in [4.78, 5) is 21.1. The second-order valence-electron chi connectivity index (χ2n) is 4.93. The van der Waals surface area contributed by atoms with Gasteiger partial charge in [-0.1, -0.05) is 13.8 Å². The van der Waals surface area contributed by atoms with Crippen molar-refractivity contribution in [1.82, 2.24) is 14.8 Å². The van der Waals surface area contributed by atoms with E-state index >= 15 is 0 Å². The quantitative estimate of drug-likeness (QED) is 0.832. The fourth-order valence-electron chi connectivity index (χ4n) is 2.62. The maximum Gasteiger partial charge on any atom is 0.237 e. The molecule has 0 bridgehead atoms. The molecule has 5 heteroatoms. The van der Waals surface area contributed by atoms with E-state index in [0.717, 1.165) is 37.5 Å². The Bertz CT molecular complexity index is 389. The lowest BCUT2D eigenvalue weighted by atomic mass is 10.0. The standard InChI is InChI=1S/C14H23N3OS/c1-3-16(4-2)11-13(18)17-9-6-5-7-12(17)14-15-8-10-19-14/h8,10,12H,3-7,9,11H2,1-2H3. The van der Waals surface area contributed by atoms with Crippen molar-refractivity contribution in [1.29, 1.82) is 0 Å². The van der Waals surface area contributed by atoms with E-state index in [-0.39, 0.29) is 11.9 Å². The van der Waals surface area contributed by atoms with Crippen LogP contribution in [0.5, 0.6) is 0 Å². The molecule has 1 saturated heterocycles. The van der Waals surface area contributed by atoms with E-state index < -0.39 is 0 Å². The van der Waals surface area contributed by atoms with Gasteiger partial charge in [0.1, 0.15) is 5.01 Å². The molecule has 0 aliphatic carbocycles. The van der Waals surface area contributed by atoms with Gasteiger partial charge in [0.2, 0.25) is 5.91 Å². The molecule has 0 N–H and O–H groups in total. The maximum absolute atomic E-state index is 12.5. The molecule has 4 nitrogen and oxygen atoms in total. The summed E-state index contributed by atoms with van der Waals surface area (Å²) in [6.45, 7) is 7.48. The Labute approximate surface area is 119 Å². The lowest BCUT2D eigenvalue weighted by Crippen LogP contribution is -2.44. The first-order valence-corrected chi connectivity index (χ1v) is 8.05. The summed E-state index contributed by atoms with van der Waals surface area (Å²) in [5.41, 5.74) is 0. The van der Waals surface area contributed by atoms with E-state index in [4.69, 9.17) is 0 Å². The number of amides is 1. The number of likely N-dealkylation sites (tertiary alicyclic amines) is 1. The average molecular weight is 281 g/mol. The number of likely N-dealkylation sites (N-methyl/N-ethyl adjacent to an activating group) is 1. The minimum absolute atomic E-state index is 0.205. The van der Waals surface area contributed by atoms with Crippen molar-refractivity contribution in [2.45, 2.75) is 39.2 Å². The second kappa shape index (κ2) is 7.01. The fourth-order valence-corrected chi connectivity index (χ4v) is 3.40. The Morgan fingerprint density at radius 2 is 2.26 bits per heavy atom. The van der Waals surface area contributed by atoms with Crippen LogP contribution in [0.15, 0.2) is 11.6 Å². The van der Waals surface area contributed by atoms with E-state index in [9.17, 15) is 4.79 Å². The van der Waals surface area contributed by atoms with Crippen LogP contribution < -0.4 is 0 Å². The molecule has 1 unspecified atom stereocenters. The summed E-state index contributed by atoms with van der Waals surface area (Å²) in [6, 6.07) is 0.205. The highest BCUT2D eigenvalue weighted by molar-refractivity contribution is 7.09. The number of carbonyl (C=O) groups excluding carboxylic acids is 1. The van der Waals surface area contributed by atoms with Gasteiger partial charge >= 0.3 is 0 Å². The molecular formula is C14H23N3OS. The Hall–Kier alpha value is -0.940. The molecule has 1 fully saturated rings. The van der Waals surface area contributed by atoms with Gasteiger partial charge in [0.15, 0.2) is 0 Å². The lowest BCUT2D eigenvalue weighted by molar-refractivity contribution is -0.136. The normalized spacial score (nSPS) is 19.9. The molecule has 2 rings (SSSR count). The highest BCUT2D eigenvalue weighted by Gasteiger charge is 2.29. The lowest BCUT2D eigenvalue weighted by Gasteiger charge is -2.35. The van der Waals surface area contributed by atoms with E-state index in [1.807, 2.05) is 16.5 Å². The van der Waals surface area contributed by atoms with Gasteiger partial charge in [-0.05, 0) is 32.4 Å². The van der Waals surface area contributed by atoms with Gasteiger partial charge in [-0.2, -0.15) is 0 Å². The fraction of sp³-hybridized carbons (Fsp3) is 0.714. The van der Waals surface area contributed by atoms with Crippen LogP contribution in [0.1, 0.15) is 44.2 Å². The number of rotatable bonds is 5. The topological polar surface area (TPSA) is 36.4 Å². The summed E-state index contributed by atoms with van der Waals surface area (Å²) >= 11 is 1.66. The van der Waals surface area contributed by atoms with Crippen LogP contribution in [0.3, 0.4) is 0 Å². The number of nitrogens with zero attached hydrogens (tertiary/aromatic N) is 3. The number of hydrogen-bond acceptors (Lipinski definition) is 4. The first-order chi connectivity index (χ1) is 9.26. The third-order valence-electron chi connectivity index (χ3n) is 3.81. The van der Waals surface area contributed by atoms with Gasteiger partial charge in [0, 0.05) is 18.1 Å². The van der Waals surface area contributed by atoms with Crippen molar-refractivity contribution in [2.75, 3.05) is 26.2 Å². The monoisotopic (exact) mass is 281 g/mol. The first-order valence-electron chi connectivity index (χ1n) is 7.17. The summed E-state index contributed by atoms with van der Waals surface area (Å²) in [7, 11) is 0. The average Bonchev–Trinajstić information content (AvgIpc) is 2.98. The van der Waals surface area contributed by atoms with Crippen LogP contribution >= 0.6 is 11.3 Å². The van der Waals surface area contributed by atoms with Crippen LogP contribution in [0.25, 0.3) is 0 Å². The van der Waals surface area contributed by atoms with Crippen molar-refractivity contribution >= 4 is 17.2 Å². The molecule has 1 atom stereocenters. The van der Waals surface area contributed by atoms with Crippen LogP contribution in [0, 0.1) is 0 Å². The predicted octanol–water partition coefficient (Wildman–Crippen LogP) is 2.54. The summed E-state index contributed by atoms with van der Waals surface area (Å²) in [5, 5.41) is 3.09. The SMILES string of the molecule is CCN(CC)CC(=O)N1CCCCC1c1nccs1. The van der Waals surface area contributed by atoms with Crippen molar-refractivity contribution < 1.29 is 4.79 Å². The number of thiazole rings is 1. The van der Waals surface area contributed by atoms with Gasteiger partial charge < -0.3 is 4.90 Å². The van der Waals surface area contributed by atoms with Crippen molar-refractivity contribution in [3.8, 4) is 0 Å². The van der Waals surface area contributed by atoms with E-state index in [2.05, 4.69) is 23.7 Å². The Balaban J connectivity index is 2.05. The van der Waals surface area contributed by atoms with Crippen LogP contribution in [0.4, 0.5) is 0 Å². The molecular weight excluding hydrogens is 258 g/mol. The maximum atomic E-state index is 12.5. The van der Waals surface area contributed by atoms with E-state index in [1.165, 1.54) is 6.42 Å². The molecule has 0 radical (unpaired) electrons. The molecule has 106 valence electrons. The molecule has 1 aliphatic heterocycles. The van der Waals surface area contributed by atoms with Gasteiger partial charge in [-0.25, -0.2) is 4.98 Å². The van der Waals surface area contributed by atoms with Gasteiger partial charge in [0.25, 0.3) is 0 Å². The summed E-state index contributed by atoms with van der Waals surface area (Å²) in [5.74, 6) is 0.253. The zero-order chi connectivity index (χ0) is 13.7. The number of aromatic nitrogens is 1. The number of hydrogen-bond donors (Lipinski definition) is 0. The third kappa shape index (κ3) is 3.54. The van der Waals surface area contributed by atoms with Crippen LogP contribution in [-0.2, 0) is 4.79 Å². The van der Waals surface area contributed by atoms with E-state index in [1.54, 1.807) is 11.3 Å². The minimum Gasteiger partial charge on any atom is -0.332 e. The van der Waals surface area contributed by atoms with Gasteiger partial charge in [-0.3, -0.25) is 9.69 Å². The summed E-state index contributed by atoms with van der Waals surface area (Å²) < 4.78 is 0. The zero-order valence-corrected chi connectivity index (χ0v) is 12.7. The Morgan fingerprint density at radius 1 is 1.47 bits per heavy atom. The highest BCUT2D eigenvalue weighted by atomic mass is 32.1. The van der Waals surface area contributed by atoms with Crippen molar-refractivity contribution in [3.05, 3.63) is 16.6 Å². The molecule has 0 aromatic carbocycles. The minimum atomic E-state index is 0.205. The Morgan fingerprint density at radius 3 is 2.89 bits per heavy atom. The highest BCUT2D eigenvalue weighted by Crippen LogP contribution is 2.31.